The van der Waals surface area contributed by atoms with Crippen LogP contribution >= 0.6 is 0 Å². The van der Waals surface area contributed by atoms with Crippen LogP contribution in [0, 0.1) is 23.7 Å². The molecule has 0 saturated heterocycles. The molecule has 0 spiro atoms. The Balaban J connectivity index is 1.62. The van der Waals surface area contributed by atoms with Gasteiger partial charge in [0.1, 0.15) is 24.4 Å². The van der Waals surface area contributed by atoms with Crippen molar-refractivity contribution in [2.24, 2.45) is 23.7 Å². The molecule has 4 aliphatic rings. The summed E-state index contributed by atoms with van der Waals surface area (Å²) >= 11 is 0. The van der Waals surface area contributed by atoms with E-state index < -0.39 is 46.9 Å². The van der Waals surface area contributed by atoms with Gasteiger partial charge >= 0.3 is 23.9 Å². The summed E-state index contributed by atoms with van der Waals surface area (Å²) in [6, 6.07) is 0. The fourth-order valence-electron chi connectivity index (χ4n) is 5.75. The molecule has 4 saturated carbocycles. The van der Waals surface area contributed by atoms with Gasteiger partial charge in [-0.3, -0.25) is 9.59 Å². The van der Waals surface area contributed by atoms with Crippen LogP contribution in [0.25, 0.3) is 0 Å². The zero-order valence-corrected chi connectivity index (χ0v) is 20.6. The van der Waals surface area contributed by atoms with Gasteiger partial charge < -0.3 is 18.9 Å². The van der Waals surface area contributed by atoms with E-state index in [1.165, 1.54) is 0 Å². The Labute approximate surface area is 201 Å². The molecule has 0 aromatic rings. The lowest BCUT2D eigenvalue weighted by Crippen LogP contribution is -2.62. The SMILES string of the molecule is C=C(C)C(=O)OCC(C)C(=O)OC12CC3CC(C1)CC(OC(=O)C(C)COC(=O)C(=C)C)(C3)C2. The highest BCUT2D eigenvalue weighted by atomic mass is 16.6. The zero-order chi connectivity index (χ0) is 25.3. The first-order chi connectivity index (χ1) is 15.8. The molecule has 2 unspecified atom stereocenters. The standard InChI is InChI=1S/C26H36O8/c1-15(2)21(27)31-12-17(5)23(29)33-25-8-19-7-20(9-25)11-26(10-19,14-25)34-24(30)18(6)13-32-22(28)16(3)4/h17-20H,1,3,7-14H2,2,4-6H3. The molecular formula is C26H36O8. The van der Waals surface area contributed by atoms with Gasteiger partial charge in [-0.1, -0.05) is 13.2 Å². The second kappa shape index (κ2) is 9.92. The van der Waals surface area contributed by atoms with E-state index in [4.69, 9.17) is 18.9 Å². The maximum Gasteiger partial charge on any atom is 0.333 e. The lowest BCUT2D eigenvalue weighted by Gasteiger charge is -2.60. The molecule has 8 heteroatoms. The second-order valence-electron chi connectivity index (χ2n) is 10.7. The molecule has 4 aliphatic carbocycles. The first kappa shape index (κ1) is 26.0. The molecule has 4 rings (SSSR count). The summed E-state index contributed by atoms with van der Waals surface area (Å²) < 4.78 is 22.3. The summed E-state index contributed by atoms with van der Waals surface area (Å²) in [6.45, 7) is 13.3. The summed E-state index contributed by atoms with van der Waals surface area (Å²) in [5.74, 6) is -2.51. The largest absolute Gasteiger partial charge is 0.461 e. The third kappa shape index (κ3) is 5.88. The predicted molar refractivity (Wildman–Crippen MR) is 122 cm³/mol. The summed E-state index contributed by atoms with van der Waals surface area (Å²) in [7, 11) is 0. The van der Waals surface area contributed by atoms with Crippen LogP contribution in [-0.2, 0) is 38.1 Å². The van der Waals surface area contributed by atoms with E-state index >= 15 is 0 Å². The Morgan fingerprint density at radius 1 is 0.765 bits per heavy atom. The van der Waals surface area contributed by atoms with Crippen LogP contribution in [0.3, 0.4) is 0 Å². The number of ether oxygens (including phenoxy) is 4. The third-order valence-electron chi connectivity index (χ3n) is 7.02. The minimum absolute atomic E-state index is 0.0754. The minimum Gasteiger partial charge on any atom is -0.461 e. The average Bonchev–Trinajstić information content (AvgIpc) is 2.73. The van der Waals surface area contributed by atoms with Crippen molar-refractivity contribution in [1.29, 1.82) is 0 Å². The van der Waals surface area contributed by atoms with E-state index in [-0.39, 0.29) is 24.4 Å². The molecule has 0 aromatic carbocycles. The number of carbonyl (C=O) groups excluding carboxylic acids is 4. The van der Waals surface area contributed by atoms with E-state index in [1.54, 1.807) is 27.7 Å². The molecule has 0 aromatic heterocycles. The van der Waals surface area contributed by atoms with Crippen LogP contribution in [0.2, 0.25) is 0 Å². The van der Waals surface area contributed by atoms with Crippen molar-refractivity contribution in [2.45, 2.75) is 77.4 Å². The molecule has 0 heterocycles. The van der Waals surface area contributed by atoms with Crippen molar-refractivity contribution < 1.29 is 38.1 Å². The van der Waals surface area contributed by atoms with Crippen molar-refractivity contribution in [2.75, 3.05) is 13.2 Å². The minimum atomic E-state index is -0.677. The molecule has 188 valence electrons. The van der Waals surface area contributed by atoms with Crippen molar-refractivity contribution in [3.63, 3.8) is 0 Å². The molecule has 0 aliphatic heterocycles. The molecule has 0 N–H and O–H groups in total. The topological polar surface area (TPSA) is 105 Å². The smallest absolute Gasteiger partial charge is 0.333 e. The Kier molecular flexibility index (Phi) is 7.58. The van der Waals surface area contributed by atoms with Crippen LogP contribution in [0.15, 0.2) is 24.3 Å². The summed E-state index contributed by atoms with van der Waals surface area (Å²) in [4.78, 5) is 49.0. The summed E-state index contributed by atoms with van der Waals surface area (Å²) in [5, 5.41) is 0. The predicted octanol–water partition coefficient (Wildman–Crippen LogP) is 3.68. The van der Waals surface area contributed by atoms with Gasteiger partial charge in [-0.25, -0.2) is 9.59 Å². The van der Waals surface area contributed by atoms with Gasteiger partial charge in [0.2, 0.25) is 0 Å². The zero-order valence-electron chi connectivity index (χ0n) is 20.6. The maximum atomic E-state index is 12.8. The summed E-state index contributed by atoms with van der Waals surface area (Å²) in [6.07, 6.45) is 4.49. The van der Waals surface area contributed by atoms with E-state index in [1.807, 2.05) is 0 Å². The molecule has 0 amide bonds. The number of carbonyl (C=O) groups is 4. The highest BCUT2D eigenvalue weighted by Gasteiger charge is 2.61. The first-order valence-corrected chi connectivity index (χ1v) is 11.9. The molecule has 8 nitrogen and oxygen atoms in total. The highest BCUT2D eigenvalue weighted by molar-refractivity contribution is 5.87. The Bertz CT molecular complexity index is 805. The van der Waals surface area contributed by atoms with E-state index in [2.05, 4.69) is 13.2 Å². The molecule has 2 atom stereocenters. The van der Waals surface area contributed by atoms with Crippen molar-refractivity contribution >= 4 is 23.9 Å². The first-order valence-electron chi connectivity index (χ1n) is 11.9. The molecule has 4 bridgehead atoms. The number of hydrogen-bond acceptors (Lipinski definition) is 8. The van der Waals surface area contributed by atoms with Crippen LogP contribution in [0.5, 0.6) is 0 Å². The highest BCUT2D eigenvalue weighted by Crippen LogP contribution is 2.60. The van der Waals surface area contributed by atoms with Gasteiger partial charge in [0.05, 0.1) is 11.8 Å². The maximum absolute atomic E-state index is 12.8. The molecule has 0 radical (unpaired) electrons. The Hall–Kier alpha value is -2.64. The van der Waals surface area contributed by atoms with Gasteiger partial charge in [-0.05, 0) is 71.6 Å². The van der Waals surface area contributed by atoms with E-state index in [0.29, 0.717) is 18.3 Å². The molecule has 34 heavy (non-hydrogen) atoms. The average molecular weight is 477 g/mol. The van der Waals surface area contributed by atoms with Gasteiger partial charge in [-0.2, -0.15) is 0 Å². The fourth-order valence-corrected chi connectivity index (χ4v) is 5.75. The van der Waals surface area contributed by atoms with Crippen LogP contribution in [0.1, 0.15) is 66.2 Å². The monoisotopic (exact) mass is 476 g/mol. The van der Waals surface area contributed by atoms with Crippen LogP contribution in [0.4, 0.5) is 0 Å². The van der Waals surface area contributed by atoms with Crippen molar-refractivity contribution in [3.8, 4) is 0 Å². The number of esters is 4. The van der Waals surface area contributed by atoms with Gasteiger partial charge in [-0.15, -0.1) is 0 Å². The third-order valence-corrected chi connectivity index (χ3v) is 7.02. The number of rotatable bonds is 10. The lowest BCUT2D eigenvalue weighted by atomic mass is 9.52. The van der Waals surface area contributed by atoms with Crippen LogP contribution < -0.4 is 0 Å². The fraction of sp³-hybridized carbons (Fsp3) is 0.692. The quantitative estimate of drug-likeness (QED) is 0.267. The van der Waals surface area contributed by atoms with Crippen molar-refractivity contribution in [1.82, 2.24) is 0 Å². The Morgan fingerprint density at radius 2 is 1.12 bits per heavy atom. The lowest BCUT2D eigenvalue weighted by molar-refractivity contribution is -0.235. The number of hydrogen-bond donors (Lipinski definition) is 0. The molecule has 4 fully saturated rings. The van der Waals surface area contributed by atoms with Crippen molar-refractivity contribution in [3.05, 3.63) is 24.3 Å². The second-order valence-corrected chi connectivity index (χ2v) is 10.7. The van der Waals surface area contributed by atoms with E-state index in [9.17, 15) is 19.2 Å². The van der Waals surface area contributed by atoms with Gasteiger partial charge in [0, 0.05) is 17.6 Å². The Morgan fingerprint density at radius 3 is 1.44 bits per heavy atom. The van der Waals surface area contributed by atoms with Gasteiger partial charge in [0.25, 0.3) is 0 Å². The van der Waals surface area contributed by atoms with E-state index in [0.717, 1.165) is 32.1 Å². The van der Waals surface area contributed by atoms with Gasteiger partial charge in [0.15, 0.2) is 0 Å². The molecular weight excluding hydrogens is 440 g/mol. The van der Waals surface area contributed by atoms with Crippen LogP contribution in [-0.4, -0.2) is 48.3 Å². The summed E-state index contributed by atoms with van der Waals surface area (Å²) in [5.41, 5.74) is -0.809. The normalized spacial score (nSPS) is 30.6.